The zero-order chi connectivity index (χ0) is 17.8. The monoisotopic (exact) mass is 351 g/mol. The number of ether oxygens (including phenoxy) is 1. The van der Waals surface area contributed by atoms with Crippen molar-refractivity contribution in [1.82, 2.24) is 4.90 Å². The first-order chi connectivity index (χ1) is 12.0. The zero-order valence-electron chi connectivity index (χ0n) is 13.6. The highest BCUT2D eigenvalue weighted by Crippen LogP contribution is 2.33. The molecule has 6 heteroatoms. The number of β-amino-alcohol motifs (C(OH)–C–C–N with tert-alkyl or cyclic N) is 1. The van der Waals surface area contributed by atoms with E-state index >= 15 is 0 Å². The molecule has 1 heterocycles. The molecule has 2 aromatic carbocycles. The summed E-state index contributed by atoms with van der Waals surface area (Å²) in [5, 5.41) is 10.5. The minimum atomic E-state index is -2.86. The molecule has 1 saturated heterocycles. The van der Waals surface area contributed by atoms with E-state index in [9.17, 15) is 18.3 Å². The molecule has 0 aliphatic carbocycles. The van der Waals surface area contributed by atoms with E-state index in [4.69, 9.17) is 0 Å². The summed E-state index contributed by atoms with van der Waals surface area (Å²) >= 11 is 0. The fraction of sp³-hybridized carbons (Fsp3) is 0.368. The van der Waals surface area contributed by atoms with Crippen LogP contribution in [0.5, 0.6) is 5.75 Å². The quantitative estimate of drug-likeness (QED) is 0.842. The Kier molecular flexibility index (Phi) is 5.60. The fourth-order valence-electron chi connectivity index (χ4n) is 3.31. The Morgan fingerprint density at radius 3 is 2.40 bits per heavy atom. The molecule has 0 amide bonds. The van der Waals surface area contributed by atoms with E-state index in [-0.39, 0.29) is 17.6 Å². The van der Waals surface area contributed by atoms with Crippen molar-refractivity contribution in [2.75, 3.05) is 13.1 Å². The Morgan fingerprint density at radius 2 is 1.76 bits per heavy atom. The maximum absolute atomic E-state index is 13.1. The van der Waals surface area contributed by atoms with Crippen molar-refractivity contribution in [3.05, 3.63) is 65.5 Å². The van der Waals surface area contributed by atoms with E-state index in [1.54, 1.807) is 24.3 Å². The molecule has 0 spiro atoms. The second-order valence-corrected chi connectivity index (χ2v) is 6.17. The number of likely N-dealkylation sites (tertiary alicyclic amines) is 1. The van der Waals surface area contributed by atoms with Gasteiger partial charge in [-0.1, -0.05) is 24.3 Å². The van der Waals surface area contributed by atoms with Crippen molar-refractivity contribution < 1.29 is 23.0 Å². The second kappa shape index (κ2) is 7.89. The third kappa shape index (κ3) is 4.52. The van der Waals surface area contributed by atoms with Crippen molar-refractivity contribution in [1.29, 1.82) is 0 Å². The van der Waals surface area contributed by atoms with Gasteiger partial charge >= 0.3 is 6.61 Å². The molecule has 134 valence electrons. The van der Waals surface area contributed by atoms with E-state index in [1.807, 2.05) is 0 Å². The number of rotatable bonds is 6. The summed E-state index contributed by atoms with van der Waals surface area (Å²) in [5.74, 6) is -0.198. The first-order valence-electron chi connectivity index (χ1n) is 8.25. The maximum atomic E-state index is 13.1. The zero-order valence-corrected chi connectivity index (χ0v) is 13.6. The fourth-order valence-corrected chi connectivity index (χ4v) is 3.31. The van der Waals surface area contributed by atoms with Crippen LogP contribution in [0.3, 0.4) is 0 Å². The maximum Gasteiger partial charge on any atom is 0.387 e. The summed E-state index contributed by atoms with van der Waals surface area (Å²) < 4.78 is 41.8. The van der Waals surface area contributed by atoms with Gasteiger partial charge in [0.25, 0.3) is 0 Å². The van der Waals surface area contributed by atoms with Crippen LogP contribution in [0.25, 0.3) is 0 Å². The Balaban J connectivity index is 1.65. The highest BCUT2D eigenvalue weighted by atomic mass is 19.3. The smallest absolute Gasteiger partial charge is 0.387 e. The van der Waals surface area contributed by atoms with Gasteiger partial charge in [0.1, 0.15) is 11.6 Å². The minimum absolute atomic E-state index is 0.0660. The lowest BCUT2D eigenvalue weighted by atomic mass is 10.0. The molecule has 25 heavy (non-hydrogen) atoms. The third-order valence-electron chi connectivity index (χ3n) is 4.52. The Labute approximate surface area is 144 Å². The highest BCUT2D eigenvalue weighted by Gasteiger charge is 2.28. The van der Waals surface area contributed by atoms with Gasteiger partial charge in [0.05, 0.1) is 6.10 Å². The van der Waals surface area contributed by atoms with Crippen LogP contribution in [0, 0.1) is 5.82 Å². The molecule has 2 atom stereocenters. The predicted molar refractivity (Wildman–Crippen MR) is 88.0 cm³/mol. The average Bonchev–Trinajstić information content (AvgIpc) is 3.03. The summed E-state index contributed by atoms with van der Waals surface area (Å²) in [7, 11) is 0. The minimum Gasteiger partial charge on any atom is -0.435 e. The highest BCUT2D eigenvalue weighted by molar-refractivity contribution is 5.29. The Bertz CT molecular complexity index is 676. The molecule has 1 aliphatic heterocycles. The van der Waals surface area contributed by atoms with E-state index in [0.717, 1.165) is 24.9 Å². The number of nitrogens with zero attached hydrogens (tertiary/aromatic N) is 1. The lowest BCUT2D eigenvalue weighted by Crippen LogP contribution is -2.28. The van der Waals surface area contributed by atoms with Crippen LogP contribution < -0.4 is 4.74 Å². The van der Waals surface area contributed by atoms with Crippen LogP contribution >= 0.6 is 0 Å². The van der Waals surface area contributed by atoms with Crippen LogP contribution in [0.15, 0.2) is 48.5 Å². The summed E-state index contributed by atoms with van der Waals surface area (Å²) in [6.45, 7) is -1.58. The molecule has 0 aromatic heterocycles. The number of hydrogen-bond acceptors (Lipinski definition) is 3. The van der Waals surface area contributed by atoms with E-state index in [2.05, 4.69) is 9.64 Å². The summed E-state index contributed by atoms with van der Waals surface area (Å²) in [6, 6.07) is 12.6. The molecule has 1 N–H and O–H groups in total. The molecule has 0 bridgehead atoms. The Hall–Kier alpha value is -2.05. The van der Waals surface area contributed by atoms with Gasteiger partial charge in [-0.3, -0.25) is 4.90 Å². The van der Waals surface area contributed by atoms with Gasteiger partial charge in [-0.05, 0) is 54.8 Å². The van der Waals surface area contributed by atoms with E-state index in [1.165, 1.54) is 24.3 Å². The topological polar surface area (TPSA) is 32.7 Å². The molecule has 2 unspecified atom stereocenters. The summed E-state index contributed by atoms with van der Waals surface area (Å²) in [4.78, 5) is 2.17. The van der Waals surface area contributed by atoms with Crippen LogP contribution in [0.1, 0.15) is 36.1 Å². The van der Waals surface area contributed by atoms with Gasteiger partial charge in [0, 0.05) is 12.6 Å². The molecule has 2 aromatic rings. The van der Waals surface area contributed by atoms with Crippen LogP contribution in [-0.2, 0) is 0 Å². The first-order valence-corrected chi connectivity index (χ1v) is 8.25. The van der Waals surface area contributed by atoms with Crippen molar-refractivity contribution in [2.24, 2.45) is 0 Å². The second-order valence-electron chi connectivity index (χ2n) is 6.17. The molecular weight excluding hydrogens is 331 g/mol. The Morgan fingerprint density at radius 1 is 1.08 bits per heavy atom. The number of aliphatic hydroxyl groups excluding tert-OH is 1. The average molecular weight is 351 g/mol. The van der Waals surface area contributed by atoms with E-state index in [0.29, 0.717) is 12.1 Å². The molecular formula is C19H20F3NO2. The predicted octanol–water partition coefficient (Wildman–Crippen LogP) is 4.30. The number of aliphatic hydroxyl groups is 1. The van der Waals surface area contributed by atoms with Crippen molar-refractivity contribution >= 4 is 0 Å². The number of alkyl halides is 2. The molecule has 1 fully saturated rings. The molecule has 0 radical (unpaired) electrons. The van der Waals surface area contributed by atoms with Crippen LogP contribution in [0.4, 0.5) is 13.2 Å². The van der Waals surface area contributed by atoms with Crippen molar-refractivity contribution in [3.63, 3.8) is 0 Å². The number of hydrogen-bond donors (Lipinski definition) is 1. The molecule has 1 aliphatic rings. The van der Waals surface area contributed by atoms with Gasteiger partial charge in [-0.15, -0.1) is 0 Å². The lowest BCUT2D eigenvalue weighted by Gasteiger charge is -2.27. The standard InChI is InChI=1S/C19H20F3NO2/c20-15-7-3-13(4-8-15)17-2-1-11-23(17)12-18(24)14-5-9-16(10-6-14)25-19(21)22/h3-10,17-19,24H,1-2,11-12H2. The van der Waals surface area contributed by atoms with Crippen molar-refractivity contribution in [3.8, 4) is 5.75 Å². The first kappa shape index (κ1) is 17.8. The van der Waals surface area contributed by atoms with Crippen LogP contribution in [-0.4, -0.2) is 29.7 Å². The van der Waals surface area contributed by atoms with Gasteiger partial charge in [0.2, 0.25) is 0 Å². The lowest BCUT2D eigenvalue weighted by molar-refractivity contribution is -0.0498. The van der Waals surface area contributed by atoms with Crippen molar-refractivity contribution in [2.45, 2.75) is 31.6 Å². The molecule has 3 nitrogen and oxygen atoms in total. The molecule has 0 saturated carbocycles. The third-order valence-corrected chi connectivity index (χ3v) is 4.52. The van der Waals surface area contributed by atoms with Gasteiger partial charge in [-0.2, -0.15) is 8.78 Å². The van der Waals surface area contributed by atoms with Crippen LogP contribution in [0.2, 0.25) is 0 Å². The number of benzene rings is 2. The van der Waals surface area contributed by atoms with Gasteiger partial charge in [-0.25, -0.2) is 4.39 Å². The largest absolute Gasteiger partial charge is 0.435 e. The van der Waals surface area contributed by atoms with E-state index < -0.39 is 12.7 Å². The summed E-state index contributed by atoms with van der Waals surface area (Å²) in [5.41, 5.74) is 1.68. The normalized spacial score (nSPS) is 19.3. The SMILES string of the molecule is OC(CN1CCCC1c1ccc(F)cc1)c1ccc(OC(F)F)cc1. The molecule has 3 rings (SSSR count). The van der Waals surface area contributed by atoms with Gasteiger partial charge in [0.15, 0.2) is 0 Å². The number of halogens is 3. The summed E-state index contributed by atoms with van der Waals surface area (Å²) in [6.07, 6.45) is 1.23. The van der Waals surface area contributed by atoms with Gasteiger partial charge < -0.3 is 9.84 Å².